The van der Waals surface area contributed by atoms with E-state index in [4.69, 9.17) is 0 Å². The zero-order valence-electron chi connectivity index (χ0n) is 11.4. The third kappa shape index (κ3) is 3.33. The molecule has 0 bridgehead atoms. The van der Waals surface area contributed by atoms with E-state index in [1.54, 1.807) is 11.3 Å². The van der Waals surface area contributed by atoms with Crippen LogP contribution >= 0.6 is 11.3 Å². The van der Waals surface area contributed by atoms with Crippen LogP contribution in [-0.2, 0) is 6.54 Å². The molecule has 104 valence electrons. The number of aromatic nitrogens is 2. The van der Waals surface area contributed by atoms with Crippen molar-refractivity contribution in [2.24, 2.45) is 0 Å². The molecule has 1 aliphatic rings. The number of nitrogens with one attached hydrogen (secondary N) is 1. The molecule has 1 aliphatic heterocycles. The molecule has 19 heavy (non-hydrogen) atoms. The normalized spacial score (nSPS) is 17.6. The first-order chi connectivity index (χ1) is 9.31. The topological polar surface area (TPSA) is 35.8 Å². The highest BCUT2D eigenvalue weighted by Gasteiger charge is 2.11. The highest BCUT2D eigenvalue weighted by Crippen LogP contribution is 2.12. The molecular weight excluding hydrogens is 258 g/mol. The van der Waals surface area contributed by atoms with E-state index < -0.39 is 0 Å². The first kappa shape index (κ1) is 13.1. The quantitative estimate of drug-likeness (QED) is 0.875. The Balaban J connectivity index is 1.47. The molecule has 1 saturated heterocycles. The second-order valence-corrected chi connectivity index (χ2v) is 6.03. The average Bonchev–Trinajstić information content (AvgIpc) is 2.98. The van der Waals surface area contributed by atoms with Gasteiger partial charge in [-0.2, -0.15) is 0 Å². The summed E-state index contributed by atoms with van der Waals surface area (Å²) in [7, 11) is 2.18. The van der Waals surface area contributed by atoms with Crippen molar-refractivity contribution >= 4 is 16.3 Å². The van der Waals surface area contributed by atoms with Gasteiger partial charge in [-0.1, -0.05) is 0 Å². The minimum Gasteiger partial charge on any atom is -0.314 e. The van der Waals surface area contributed by atoms with Crippen LogP contribution in [0.15, 0.2) is 17.8 Å². The van der Waals surface area contributed by atoms with Crippen LogP contribution in [0.4, 0.5) is 0 Å². The maximum atomic E-state index is 4.62. The maximum Gasteiger partial charge on any atom is 0.193 e. The van der Waals surface area contributed by atoms with Crippen LogP contribution in [0.5, 0.6) is 0 Å². The largest absolute Gasteiger partial charge is 0.314 e. The summed E-state index contributed by atoms with van der Waals surface area (Å²) < 4.78 is 2.10. The van der Waals surface area contributed by atoms with E-state index in [0.29, 0.717) is 0 Å². The molecule has 0 aromatic carbocycles. The van der Waals surface area contributed by atoms with Gasteiger partial charge >= 0.3 is 0 Å². The maximum absolute atomic E-state index is 4.62. The van der Waals surface area contributed by atoms with E-state index in [0.717, 1.165) is 43.4 Å². The molecular formula is C13H21N5S. The minimum atomic E-state index is 0.931. The van der Waals surface area contributed by atoms with Crippen LogP contribution in [0.3, 0.4) is 0 Å². The Morgan fingerprint density at radius 3 is 3.05 bits per heavy atom. The van der Waals surface area contributed by atoms with Gasteiger partial charge in [-0.25, -0.2) is 4.98 Å². The molecule has 3 heterocycles. The van der Waals surface area contributed by atoms with Gasteiger partial charge in [0.2, 0.25) is 0 Å². The summed E-state index contributed by atoms with van der Waals surface area (Å²) in [5.74, 6) is 0. The predicted octanol–water partition coefficient (Wildman–Crippen LogP) is 0.733. The van der Waals surface area contributed by atoms with Crippen LogP contribution in [0, 0.1) is 0 Å². The third-order valence-electron chi connectivity index (χ3n) is 3.58. The summed E-state index contributed by atoms with van der Waals surface area (Å²) in [5.41, 5.74) is 1.16. The highest BCUT2D eigenvalue weighted by atomic mass is 32.1. The Bertz CT molecular complexity index is 485. The molecule has 2 aromatic heterocycles. The van der Waals surface area contributed by atoms with Crippen molar-refractivity contribution in [2.45, 2.75) is 6.54 Å². The second-order valence-electron chi connectivity index (χ2n) is 5.15. The lowest BCUT2D eigenvalue weighted by molar-refractivity contribution is 0.201. The summed E-state index contributed by atoms with van der Waals surface area (Å²) in [6.07, 6.45) is 4.20. The fourth-order valence-corrected chi connectivity index (χ4v) is 3.17. The Morgan fingerprint density at radius 1 is 1.42 bits per heavy atom. The summed E-state index contributed by atoms with van der Waals surface area (Å²) >= 11 is 1.69. The third-order valence-corrected chi connectivity index (χ3v) is 4.35. The molecule has 1 fully saturated rings. The molecule has 0 saturated carbocycles. The van der Waals surface area contributed by atoms with Crippen molar-refractivity contribution in [1.29, 1.82) is 0 Å². The average molecular weight is 279 g/mol. The zero-order valence-corrected chi connectivity index (χ0v) is 12.2. The van der Waals surface area contributed by atoms with E-state index in [1.165, 1.54) is 13.1 Å². The Kier molecular flexibility index (Phi) is 4.12. The number of rotatable bonds is 5. The van der Waals surface area contributed by atoms with Gasteiger partial charge in [-0.15, -0.1) is 11.3 Å². The van der Waals surface area contributed by atoms with E-state index in [9.17, 15) is 0 Å². The number of imidazole rings is 1. The molecule has 0 spiro atoms. The van der Waals surface area contributed by atoms with E-state index in [1.807, 2.05) is 0 Å². The molecule has 0 radical (unpaired) electrons. The number of fused-ring (bicyclic) bond motifs is 1. The lowest BCUT2D eigenvalue weighted by atomic mass is 10.3. The van der Waals surface area contributed by atoms with Gasteiger partial charge in [-0.3, -0.25) is 14.2 Å². The van der Waals surface area contributed by atoms with Crippen LogP contribution < -0.4 is 5.32 Å². The van der Waals surface area contributed by atoms with Crippen molar-refractivity contribution in [3.63, 3.8) is 0 Å². The van der Waals surface area contributed by atoms with Crippen molar-refractivity contribution in [3.8, 4) is 0 Å². The van der Waals surface area contributed by atoms with Gasteiger partial charge in [0.25, 0.3) is 0 Å². The fraction of sp³-hybridized carbons (Fsp3) is 0.615. The Morgan fingerprint density at radius 2 is 2.26 bits per heavy atom. The number of thiazole rings is 1. The van der Waals surface area contributed by atoms with Crippen molar-refractivity contribution in [2.75, 3.05) is 46.3 Å². The molecule has 1 N–H and O–H groups in total. The van der Waals surface area contributed by atoms with Gasteiger partial charge in [0.1, 0.15) is 0 Å². The molecule has 2 aromatic rings. The molecule has 0 unspecified atom stereocenters. The molecule has 3 rings (SSSR count). The molecule has 0 amide bonds. The van der Waals surface area contributed by atoms with Gasteiger partial charge in [0, 0.05) is 63.6 Å². The predicted molar refractivity (Wildman–Crippen MR) is 78.7 cm³/mol. The first-order valence-corrected chi connectivity index (χ1v) is 7.72. The Labute approximate surface area is 117 Å². The van der Waals surface area contributed by atoms with Gasteiger partial charge in [-0.05, 0) is 7.05 Å². The molecule has 0 aliphatic carbocycles. The number of likely N-dealkylation sites (N-methyl/N-ethyl adjacent to an activating group) is 1. The highest BCUT2D eigenvalue weighted by molar-refractivity contribution is 7.15. The second kappa shape index (κ2) is 6.00. The summed E-state index contributed by atoms with van der Waals surface area (Å²) in [5, 5.41) is 5.46. The lowest BCUT2D eigenvalue weighted by Gasteiger charge is -2.28. The number of piperazine rings is 1. The van der Waals surface area contributed by atoms with Crippen LogP contribution in [0.2, 0.25) is 0 Å². The van der Waals surface area contributed by atoms with Crippen LogP contribution in [0.1, 0.15) is 5.69 Å². The smallest absolute Gasteiger partial charge is 0.193 e. The number of hydrogen-bond acceptors (Lipinski definition) is 5. The van der Waals surface area contributed by atoms with E-state index in [-0.39, 0.29) is 0 Å². The van der Waals surface area contributed by atoms with Crippen LogP contribution in [-0.4, -0.2) is 65.5 Å². The SMILES string of the molecule is CN(CCN1CCNCC1)Cc1cn2ccsc2n1. The number of nitrogens with zero attached hydrogens (tertiary/aromatic N) is 4. The summed E-state index contributed by atoms with van der Waals surface area (Å²) in [6.45, 7) is 7.79. The molecule has 6 heteroatoms. The minimum absolute atomic E-state index is 0.931. The molecule has 5 nitrogen and oxygen atoms in total. The lowest BCUT2D eigenvalue weighted by Crippen LogP contribution is -2.45. The Hall–Kier alpha value is -0.950. The van der Waals surface area contributed by atoms with E-state index >= 15 is 0 Å². The van der Waals surface area contributed by atoms with Crippen molar-refractivity contribution in [3.05, 3.63) is 23.5 Å². The zero-order chi connectivity index (χ0) is 13.1. The van der Waals surface area contributed by atoms with E-state index in [2.05, 4.69) is 49.3 Å². The van der Waals surface area contributed by atoms with Gasteiger partial charge < -0.3 is 5.32 Å². The molecule has 0 atom stereocenters. The first-order valence-electron chi connectivity index (χ1n) is 6.84. The van der Waals surface area contributed by atoms with Crippen LogP contribution in [0.25, 0.3) is 4.96 Å². The summed E-state index contributed by atoms with van der Waals surface area (Å²) in [6, 6.07) is 0. The van der Waals surface area contributed by atoms with Crippen molar-refractivity contribution < 1.29 is 0 Å². The fourth-order valence-electron chi connectivity index (χ4n) is 2.45. The van der Waals surface area contributed by atoms with Gasteiger partial charge in [0.15, 0.2) is 4.96 Å². The van der Waals surface area contributed by atoms with Gasteiger partial charge in [0.05, 0.1) is 5.69 Å². The summed E-state index contributed by atoms with van der Waals surface area (Å²) in [4.78, 5) is 10.6. The standard InChI is InChI=1S/C13H21N5S/c1-16(6-7-17-4-2-14-3-5-17)10-12-11-18-8-9-19-13(18)15-12/h8-9,11,14H,2-7,10H2,1H3. The number of hydrogen-bond donors (Lipinski definition) is 1. The van der Waals surface area contributed by atoms with Crippen molar-refractivity contribution in [1.82, 2.24) is 24.5 Å². The monoisotopic (exact) mass is 279 g/mol.